The number of Topliss-reactive ketones (excluding diaryl/α,β-unsaturated/α-hetero) is 1. The summed E-state index contributed by atoms with van der Waals surface area (Å²) in [4.78, 5) is 31.4. The van der Waals surface area contributed by atoms with E-state index in [-0.39, 0.29) is 11.7 Å². The van der Waals surface area contributed by atoms with Gasteiger partial charge in [0.05, 0.1) is 0 Å². The predicted octanol–water partition coefficient (Wildman–Crippen LogP) is 6.58. The third kappa shape index (κ3) is 6.38. The molecule has 1 aromatic heterocycles. The molecule has 1 heterocycles. The molecule has 0 spiro atoms. The van der Waals surface area contributed by atoms with E-state index in [2.05, 4.69) is 24.9 Å². The highest BCUT2D eigenvalue weighted by Crippen LogP contribution is 2.25. The number of anilines is 1. The summed E-state index contributed by atoms with van der Waals surface area (Å²) in [6.45, 7) is 10.8. The maximum Gasteiger partial charge on any atom is 0.226 e. The van der Waals surface area contributed by atoms with E-state index in [4.69, 9.17) is 0 Å². The van der Waals surface area contributed by atoms with Crippen LogP contribution in [0.1, 0.15) is 60.9 Å². The third-order valence-corrected chi connectivity index (χ3v) is 5.83. The molecule has 0 aliphatic rings. The zero-order chi connectivity index (χ0) is 24.0. The van der Waals surface area contributed by atoms with Gasteiger partial charge in [0.2, 0.25) is 5.91 Å². The first-order valence-electron chi connectivity index (χ1n) is 11.8. The number of benzene rings is 2. The largest absolute Gasteiger partial charge is 0.312 e. The lowest BCUT2D eigenvalue weighted by Gasteiger charge is -2.24. The van der Waals surface area contributed by atoms with Crippen LogP contribution in [0, 0.1) is 19.8 Å². The summed E-state index contributed by atoms with van der Waals surface area (Å²) in [7, 11) is 0. The van der Waals surface area contributed by atoms with E-state index in [0.29, 0.717) is 31.7 Å². The Balaban J connectivity index is 1.67. The van der Waals surface area contributed by atoms with Crippen LogP contribution in [0.4, 0.5) is 5.69 Å². The van der Waals surface area contributed by atoms with Crippen LogP contribution in [0.2, 0.25) is 0 Å². The van der Waals surface area contributed by atoms with Crippen molar-refractivity contribution in [1.82, 2.24) is 4.98 Å². The van der Waals surface area contributed by atoms with Gasteiger partial charge < -0.3 is 4.90 Å². The molecule has 0 saturated heterocycles. The monoisotopic (exact) mass is 442 g/mol. The number of carbonyl (C=O) groups excluding carboxylic acids is 2. The molecule has 172 valence electrons. The summed E-state index contributed by atoms with van der Waals surface area (Å²) in [5, 5.41) is 0. The van der Waals surface area contributed by atoms with Gasteiger partial charge in [-0.15, -0.1) is 0 Å². The lowest BCUT2D eigenvalue weighted by atomic mass is 9.99. The van der Waals surface area contributed by atoms with Gasteiger partial charge in [0, 0.05) is 42.0 Å². The van der Waals surface area contributed by atoms with Crippen LogP contribution in [-0.4, -0.2) is 23.2 Å². The molecular formula is C29H34N2O2. The molecule has 2 aromatic carbocycles. The summed E-state index contributed by atoms with van der Waals surface area (Å²) in [6.07, 6.45) is 1.66. The van der Waals surface area contributed by atoms with Crippen LogP contribution in [0.5, 0.6) is 0 Å². The number of ketones is 1. The highest BCUT2D eigenvalue weighted by molar-refractivity contribution is 5.96. The Morgan fingerprint density at radius 2 is 1.48 bits per heavy atom. The normalized spacial score (nSPS) is 11.0. The first-order valence-corrected chi connectivity index (χ1v) is 11.8. The van der Waals surface area contributed by atoms with Gasteiger partial charge in [-0.2, -0.15) is 0 Å². The molecule has 0 N–H and O–H groups in total. The Labute approximate surface area is 197 Å². The summed E-state index contributed by atoms with van der Waals surface area (Å²) in [6, 6.07) is 19.9. The number of aryl methyl sites for hydroxylation is 3. The van der Waals surface area contributed by atoms with Crippen molar-refractivity contribution in [2.24, 2.45) is 5.92 Å². The maximum atomic E-state index is 12.7. The Morgan fingerprint density at radius 1 is 0.879 bits per heavy atom. The maximum absolute atomic E-state index is 12.7. The fourth-order valence-electron chi connectivity index (χ4n) is 3.96. The molecule has 0 radical (unpaired) electrons. The van der Waals surface area contributed by atoms with E-state index in [9.17, 15) is 9.59 Å². The Morgan fingerprint density at radius 3 is 2.03 bits per heavy atom. The SMILES string of the molecule is CCC(=O)N(CC(C)C)c1ccc(-c2ccc(C(=O)CCc3ccc(C)nc3C)cc2)cc1. The molecule has 0 aliphatic heterocycles. The van der Waals surface area contributed by atoms with Crippen molar-refractivity contribution in [3.63, 3.8) is 0 Å². The van der Waals surface area contributed by atoms with Crippen LogP contribution in [0.15, 0.2) is 60.7 Å². The zero-order valence-corrected chi connectivity index (χ0v) is 20.4. The number of hydrogen-bond donors (Lipinski definition) is 0. The molecule has 33 heavy (non-hydrogen) atoms. The summed E-state index contributed by atoms with van der Waals surface area (Å²) in [5.74, 6) is 0.673. The van der Waals surface area contributed by atoms with Crippen LogP contribution >= 0.6 is 0 Å². The van der Waals surface area contributed by atoms with E-state index in [1.807, 2.05) is 80.3 Å². The Kier molecular flexibility index (Phi) is 8.16. The van der Waals surface area contributed by atoms with Crippen LogP contribution < -0.4 is 4.90 Å². The number of pyridine rings is 1. The quantitative estimate of drug-likeness (QED) is 0.352. The standard InChI is InChI=1S/C29H34N2O2/c1-6-29(33)31(19-20(2)3)27-16-13-25(14-17-27)24-9-11-26(12-10-24)28(32)18-15-23-8-7-21(4)30-22(23)5/h7-14,16-17,20H,6,15,18-19H2,1-5H3. The molecule has 0 saturated carbocycles. The second-order valence-electron chi connectivity index (χ2n) is 9.00. The van der Waals surface area contributed by atoms with Crippen molar-refractivity contribution in [3.8, 4) is 11.1 Å². The van der Waals surface area contributed by atoms with Crippen molar-refractivity contribution < 1.29 is 9.59 Å². The van der Waals surface area contributed by atoms with Gasteiger partial charge in [-0.3, -0.25) is 14.6 Å². The molecule has 0 fully saturated rings. The van der Waals surface area contributed by atoms with E-state index < -0.39 is 0 Å². The average molecular weight is 443 g/mol. The first-order chi connectivity index (χ1) is 15.8. The van der Waals surface area contributed by atoms with Gasteiger partial charge in [0.15, 0.2) is 5.78 Å². The van der Waals surface area contributed by atoms with Crippen molar-refractivity contribution in [1.29, 1.82) is 0 Å². The second kappa shape index (κ2) is 11.0. The molecular weight excluding hydrogens is 408 g/mol. The Hall–Kier alpha value is -3.27. The molecule has 4 nitrogen and oxygen atoms in total. The van der Waals surface area contributed by atoms with Gasteiger partial charge in [0.25, 0.3) is 0 Å². The minimum atomic E-state index is 0.135. The minimum Gasteiger partial charge on any atom is -0.312 e. The lowest BCUT2D eigenvalue weighted by Crippen LogP contribution is -2.33. The first kappa shape index (κ1) is 24.4. The van der Waals surface area contributed by atoms with Crippen LogP contribution in [-0.2, 0) is 11.2 Å². The number of nitrogens with zero attached hydrogens (tertiary/aromatic N) is 2. The number of rotatable bonds is 9. The topological polar surface area (TPSA) is 50.3 Å². The number of amides is 1. The fourth-order valence-corrected chi connectivity index (χ4v) is 3.96. The number of hydrogen-bond acceptors (Lipinski definition) is 3. The van der Waals surface area contributed by atoms with Crippen LogP contribution in [0.3, 0.4) is 0 Å². The minimum absolute atomic E-state index is 0.135. The van der Waals surface area contributed by atoms with Gasteiger partial charge in [-0.25, -0.2) is 0 Å². The van der Waals surface area contributed by atoms with Gasteiger partial charge in [-0.1, -0.05) is 63.2 Å². The van der Waals surface area contributed by atoms with Crippen molar-refractivity contribution in [2.75, 3.05) is 11.4 Å². The molecule has 0 unspecified atom stereocenters. The molecule has 0 aliphatic carbocycles. The van der Waals surface area contributed by atoms with Crippen molar-refractivity contribution in [3.05, 3.63) is 83.2 Å². The third-order valence-electron chi connectivity index (χ3n) is 5.83. The molecule has 3 rings (SSSR count). The summed E-state index contributed by atoms with van der Waals surface area (Å²) >= 11 is 0. The highest BCUT2D eigenvalue weighted by atomic mass is 16.2. The van der Waals surface area contributed by atoms with Crippen molar-refractivity contribution in [2.45, 2.75) is 53.9 Å². The predicted molar refractivity (Wildman–Crippen MR) is 136 cm³/mol. The van der Waals surface area contributed by atoms with Gasteiger partial charge in [0.1, 0.15) is 0 Å². The molecule has 1 amide bonds. The van der Waals surface area contributed by atoms with E-state index in [1.165, 1.54) is 0 Å². The molecule has 0 atom stereocenters. The fraction of sp³-hybridized carbons (Fsp3) is 0.345. The van der Waals surface area contributed by atoms with E-state index in [1.54, 1.807) is 0 Å². The molecule has 3 aromatic rings. The second-order valence-corrected chi connectivity index (χ2v) is 9.00. The van der Waals surface area contributed by atoms with Crippen LogP contribution in [0.25, 0.3) is 11.1 Å². The van der Waals surface area contributed by atoms with E-state index >= 15 is 0 Å². The van der Waals surface area contributed by atoms with E-state index in [0.717, 1.165) is 39.3 Å². The average Bonchev–Trinajstić information content (AvgIpc) is 2.81. The zero-order valence-electron chi connectivity index (χ0n) is 20.4. The lowest BCUT2D eigenvalue weighted by molar-refractivity contribution is -0.118. The molecule has 4 heteroatoms. The smallest absolute Gasteiger partial charge is 0.226 e. The highest BCUT2D eigenvalue weighted by Gasteiger charge is 2.15. The summed E-state index contributed by atoms with van der Waals surface area (Å²) in [5.41, 5.74) is 6.88. The van der Waals surface area contributed by atoms with Gasteiger partial charge in [-0.05, 0) is 61.1 Å². The summed E-state index contributed by atoms with van der Waals surface area (Å²) < 4.78 is 0. The number of aromatic nitrogens is 1. The molecule has 0 bridgehead atoms. The Bertz CT molecular complexity index is 1100. The van der Waals surface area contributed by atoms with Gasteiger partial charge >= 0.3 is 0 Å². The van der Waals surface area contributed by atoms with Crippen molar-refractivity contribution >= 4 is 17.4 Å². The number of carbonyl (C=O) groups is 2.